The Morgan fingerprint density at radius 2 is 1.64 bits per heavy atom. The number of amides is 1. The lowest BCUT2D eigenvalue weighted by Crippen LogP contribution is -2.26. The van der Waals surface area contributed by atoms with Gasteiger partial charge in [0.1, 0.15) is 0 Å². The van der Waals surface area contributed by atoms with E-state index in [2.05, 4.69) is 5.32 Å². The largest absolute Gasteiger partial charge is 0.481 e. The first kappa shape index (κ1) is 30.4. The van der Waals surface area contributed by atoms with Gasteiger partial charge in [-0.05, 0) is 66.9 Å². The first-order chi connectivity index (χ1) is 19.9. The number of ketones is 1. The second-order valence-electron chi connectivity index (χ2n) is 9.89. The summed E-state index contributed by atoms with van der Waals surface area (Å²) in [5.74, 6) is -4.76. The molecule has 0 aliphatic carbocycles. The van der Waals surface area contributed by atoms with Crippen LogP contribution in [0.5, 0.6) is 0 Å². The summed E-state index contributed by atoms with van der Waals surface area (Å²) in [5, 5.41) is 11.3. The fourth-order valence-corrected chi connectivity index (χ4v) is 4.82. The Balaban J connectivity index is 1.69. The summed E-state index contributed by atoms with van der Waals surface area (Å²) in [4.78, 5) is 36.9. The van der Waals surface area contributed by atoms with Gasteiger partial charge >= 0.3 is 12.1 Å². The summed E-state index contributed by atoms with van der Waals surface area (Å²) in [6, 6.07) is 13.8. The topological polar surface area (TPSA) is 88.4 Å². The van der Waals surface area contributed by atoms with E-state index in [4.69, 9.17) is 5.11 Å². The maximum Gasteiger partial charge on any atom is 0.416 e. The molecule has 0 spiro atoms. The number of benzene rings is 3. The smallest absolute Gasteiger partial charge is 0.416 e. The van der Waals surface area contributed by atoms with Crippen LogP contribution in [0.25, 0.3) is 16.6 Å². The normalized spacial score (nSPS) is 12.3. The summed E-state index contributed by atoms with van der Waals surface area (Å²) in [5.41, 5.74) is 0.461. The molecule has 0 saturated heterocycles. The minimum atomic E-state index is -4.62. The molecule has 42 heavy (non-hydrogen) atoms. The molecule has 1 unspecified atom stereocenters. The number of rotatable bonds is 11. The summed E-state index contributed by atoms with van der Waals surface area (Å²) >= 11 is 0. The second-order valence-corrected chi connectivity index (χ2v) is 9.89. The van der Waals surface area contributed by atoms with E-state index < -0.39 is 41.2 Å². The van der Waals surface area contributed by atoms with Gasteiger partial charge in [0.15, 0.2) is 17.4 Å². The van der Waals surface area contributed by atoms with Crippen molar-refractivity contribution < 1.29 is 41.4 Å². The van der Waals surface area contributed by atoms with Crippen LogP contribution in [0.2, 0.25) is 0 Å². The van der Waals surface area contributed by atoms with Gasteiger partial charge in [-0.2, -0.15) is 13.2 Å². The molecule has 1 atom stereocenters. The molecule has 2 N–H and O–H groups in total. The Labute approximate surface area is 237 Å². The van der Waals surface area contributed by atoms with Crippen molar-refractivity contribution in [3.8, 4) is 5.69 Å². The van der Waals surface area contributed by atoms with Crippen molar-refractivity contribution in [3.63, 3.8) is 0 Å². The number of aliphatic carboxylic acids is 1. The maximum atomic E-state index is 14.2. The zero-order chi connectivity index (χ0) is 30.6. The van der Waals surface area contributed by atoms with Crippen LogP contribution in [0.15, 0.2) is 66.7 Å². The quantitative estimate of drug-likeness (QED) is 0.147. The molecule has 0 aliphatic rings. The number of carboxylic acids is 1. The number of carboxylic acid groups (broad SMARTS) is 1. The Morgan fingerprint density at radius 1 is 0.929 bits per heavy atom. The molecule has 0 radical (unpaired) electrons. The van der Waals surface area contributed by atoms with Gasteiger partial charge in [0.2, 0.25) is 0 Å². The number of aromatic nitrogens is 1. The predicted molar refractivity (Wildman–Crippen MR) is 146 cm³/mol. The Morgan fingerprint density at radius 3 is 2.26 bits per heavy atom. The molecule has 0 saturated carbocycles. The first-order valence-corrected chi connectivity index (χ1v) is 13.2. The number of carbonyl (C=O) groups excluding carboxylic acids is 2. The van der Waals surface area contributed by atoms with Crippen LogP contribution in [0.3, 0.4) is 0 Å². The highest BCUT2D eigenvalue weighted by molar-refractivity contribution is 6.02. The monoisotopic (exact) mass is 586 g/mol. The number of alkyl halides is 3. The minimum absolute atomic E-state index is 0.0284. The fraction of sp³-hybridized carbons (Fsp3) is 0.258. The lowest BCUT2D eigenvalue weighted by molar-refractivity contribution is -0.138. The lowest BCUT2D eigenvalue weighted by atomic mass is 9.89. The molecule has 6 nitrogen and oxygen atoms in total. The average molecular weight is 587 g/mol. The van der Waals surface area contributed by atoms with E-state index >= 15 is 0 Å². The van der Waals surface area contributed by atoms with Crippen LogP contribution >= 0.6 is 0 Å². The lowest BCUT2D eigenvalue weighted by Gasteiger charge is -2.18. The Bertz CT molecular complexity index is 1630. The molecule has 4 rings (SSSR count). The van der Waals surface area contributed by atoms with Gasteiger partial charge in [-0.1, -0.05) is 25.5 Å². The molecule has 1 aromatic heterocycles. The SMILES string of the molecule is CCCC(Cc1ccc(C(=O)NCCC(=O)O)cc1)C(=O)c1cc2cc(C(F)(F)F)ccc2n1-c1ccc(F)c(F)c1. The van der Waals surface area contributed by atoms with Crippen LogP contribution in [0.4, 0.5) is 22.0 Å². The number of fused-ring (bicyclic) bond motifs is 1. The van der Waals surface area contributed by atoms with Crippen LogP contribution in [-0.2, 0) is 17.4 Å². The first-order valence-electron chi connectivity index (χ1n) is 13.2. The van der Waals surface area contributed by atoms with Crippen molar-refractivity contribution in [1.29, 1.82) is 0 Å². The third-order valence-corrected chi connectivity index (χ3v) is 6.87. The molecule has 3 aromatic carbocycles. The van der Waals surface area contributed by atoms with E-state index in [1.165, 1.54) is 22.8 Å². The molecule has 0 bridgehead atoms. The van der Waals surface area contributed by atoms with Gasteiger partial charge < -0.3 is 15.0 Å². The van der Waals surface area contributed by atoms with Gasteiger partial charge in [-0.3, -0.25) is 14.4 Å². The minimum Gasteiger partial charge on any atom is -0.481 e. The van der Waals surface area contributed by atoms with Crippen LogP contribution in [-0.4, -0.2) is 33.9 Å². The second kappa shape index (κ2) is 12.5. The third kappa shape index (κ3) is 6.84. The van der Waals surface area contributed by atoms with E-state index in [0.29, 0.717) is 18.4 Å². The van der Waals surface area contributed by atoms with Crippen LogP contribution < -0.4 is 5.32 Å². The Kier molecular flexibility index (Phi) is 9.08. The molecule has 11 heteroatoms. The molecule has 0 aliphatic heterocycles. The molecule has 1 amide bonds. The van der Waals surface area contributed by atoms with Gasteiger partial charge in [0.25, 0.3) is 5.91 Å². The van der Waals surface area contributed by atoms with E-state index in [9.17, 15) is 36.3 Å². The number of halogens is 5. The highest BCUT2D eigenvalue weighted by atomic mass is 19.4. The summed E-state index contributed by atoms with van der Waals surface area (Å²) in [6.45, 7) is 1.85. The highest BCUT2D eigenvalue weighted by Gasteiger charge is 2.32. The van der Waals surface area contributed by atoms with Crippen LogP contribution in [0, 0.1) is 17.6 Å². The predicted octanol–water partition coefficient (Wildman–Crippen LogP) is 6.97. The zero-order valence-corrected chi connectivity index (χ0v) is 22.5. The Hall–Kier alpha value is -4.54. The van der Waals surface area contributed by atoms with Gasteiger partial charge in [0, 0.05) is 35.2 Å². The van der Waals surface area contributed by atoms with E-state index in [1.807, 2.05) is 6.92 Å². The van der Waals surface area contributed by atoms with Crippen molar-refractivity contribution in [1.82, 2.24) is 9.88 Å². The van der Waals surface area contributed by atoms with Crippen molar-refractivity contribution in [2.45, 2.75) is 38.8 Å². The maximum absolute atomic E-state index is 14.2. The molecular formula is C31H27F5N2O4. The van der Waals surface area contributed by atoms with E-state index in [1.54, 1.807) is 24.3 Å². The van der Waals surface area contributed by atoms with Gasteiger partial charge in [-0.25, -0.2) is 8.78 Å². The number of hydrogen-bond donors (Lipinski definition) is 2. The fourth-order valence-electron chi connectivity index (χ4n) is 4.82. The standard InChI is InChI=1S/C31H27F5N2O4/c1-2-3-20(14-18-4-6-19(7-5-18)30(42)37-13-12-28(39)40)29(41)27-16-21-15-22(31(34,35)36)8-11-26(21)38(27)23-9-10-24(32)25(33)17-23/h4-11,15-17,20H,2-3,12-14H2,1H3,(H,37,42)(H,39,40). The number of nitrogens with zero attached hydrogens (tertiary/aromatic N) is 1. The molecule has 220 valence electrons. The van der Waals surface area contributed by atoms with Gasteiger partial charge in [-0.15, -0.1) is 0 Å². The average Bonchev–Trinajstić information content (AvgIpc) is 3.32. The molecule has 0 fully saturated rings. The summed E-state index contributed by atoms with van der Waals surface area (Å²) in [7, 11) is 0. The van der Waals surface area contributed by atoms with Crippen molar-refractivity contribution in [2.75, 3.05) is 6.54 Å². The van der Waals surface area contributed by atoms with Crippen molar-refractivity contribution in [2.24, 2.45) is 5.92 Å². The number of nitrogens with one attached hydrogen (secondary N) is 1. The van der Waals surface area contributed by atoms with Gasteiger partial charge in [0.05, 0.1) is 23.2 Å². The number of carbonyl (C=O) groups is 3. The number of hydrogen-bond acceptors (Lipinski definition) is 3. The highest BCUT2D eigenvalue weighted by Crippen LogP contribution is 2.35. The molecule has 4 aromatic rings. The number of Topliss-reactive ketones (excluding diaryl/α,β-unsaturated/α-hetero) is 1. The summed E-state index contributed by atoms with van der Waals surface area (Å²) < 4.78 is 69.6. The van der Waals surface area contributed by atoms with Crippen LogP contribution in [0.1, 0.15) is 58.2 Å². The molecular weight excluding hydrogens is 559 g/mol. The van der Waals surface area contributed by atoms with Crippen molar-refractivity contribution in [3.05, 3.63) is 101 Å². The van der Waals surface area contributed by atoms with Crippen molar-refractivity contribution >= 4 is 28.6 Å². The van der Waals surface area contributed by atoms with E-state index in [-0.39, 0.29) is 47.5 Å². The summed E-state index contributed by atoms with van der Waals surface area (Å²) in [6.07, 6.45) is -3.54. The molecule has 1 heterocycles. The zero-order valence-electron chi connectivity index (χ0n) is 22.5. The third-order valence-electron chi connectivity index (χ3n) is 6.87. The van der Waals surface area contributed by atoms with E-state index in [0.717, 1.165) is 29.8 Å².